The van der Waals surface area contributed by atoms with Crippen molar-refractivity contribution in [1.82, 2.24) is 15.2 Å². The Morgan fingerprint density at radius 2 is 1.84 bits per heavy atom. The number of hydrogen-bond donors (Lipinski definition) is 1. The van der Waals surface area contributed by atoms with Gasteiger partial charge in [-0.2, -0.15) is 0 Å². The van der Waals surface area contributed by atoms with Gasteiger partial charge in [-0.15, -0.1) is 0 Å². The SMILES string of the molecule is O=C(/C=C/c1ccncc1)NC1CCN(Cc2ccc(Cl)cc2)CC1. The van der Waals surface area contributed by atoms with Crippen molar-refractivity contribution in [2.75, 3.05) is 13.1 Å². The molecule has 0 bridgehead atoms. The highest BCUT2D eigenvalue weighted by Crippen LogP contribution is 2.16. The first-order chi connectivity index (χ1) is 12.2. The summed E-state index contributed by atoms with van der Waals surface area (Å²) in [7, 11) is 0. The Bertz CT molecular complexity index is 707. The van der Waals surface area contributed by atoms with Crippen molar-refractivity contribution < 1.29 is 4.79 Å². The first-order valence-electron chi connectivity index (χ1n) is 8.54. The highest BCUT2D eigenvalue weighted by Gasteiger charge is 2.20. The maximum atomic E-state index is 12.0. The van der Waals surface area contributed by atoms with Crippen molar-refractivity contribution in [2.24, 2.45) is 0 Å². The third-order valence-corrected chi connectivity index (χ3v) is 4.64. The summed E-state index contributed by atoms with van der Waals surface area (Å²) in [5.41, 5.74) is 2.25. The van der Waals surface area contributed by atoms with E-state index in [1.54, 1.807) is 18.5 Å². The van der Waals surface area contributed by atoms with Crippen molar-refractivity contribution in [3.05, 3.63) is 71.0 Å². The molecule has 1 aromatic heterocycles. The lowest BCUT2D eigenvalue weighted by molar-refractivity contribution is -0.117. The lowest BCUT2D eigenvalue weighted by Gasteiger charge is -2.32. The molecule has 5 heteroatoms. The van der Waals surface area contributed by atoms with E-state index in [9.17, 15) is 4.79 Å². The van der Waals surface area contributed by atoms with E-state index in [-0.39, 0.29) is 11.9 Å². The second kappa shape index (κ2) is 8.79. The number of aromatic nitrogens is 1. The molecule has 1 N–H and O–H groups in total. The van der Waals surface area contributed by atoms with Crippen LogP contribution in [0.3, 0.4) is 0 Å². The number of halogens is 1. The van der Waals surface area contributed by atoms with Crippen LogP contribution < -0.4 is 5.32 Å². The second-order valence-corrected chi connectivity index (χ2v) is 6.74. The van der Waals surface area contributed by atoms with Crippen molar-refractivity contribution >= 4 is 23.6 Å². The zero-order valence-corrected chi connectivity index (χ0v) is 14.8. The van der Waals surface area contributed by atoms with E-state index in [2.05, 4.69) is 27.3 Å². The fourth-order valence-electron chi connectivity index (χ4n) is 2.98. The molecule has 1 aromatic carbocycles. The normalized spacial score (nSPS) is 16.2. The highest BCUT2D eigenvalue weighted by atomic mass is 35.5. The van der Waals surface area contributed by atoms with E-state index >= 15 is 0 Å². The van der Waals surface area contributed by atoms with Gasteiger partial charge in [-0.3, -0.25) is 14.7 Å². The lowest BCUT2D eigenvalue weighted by atomic mass is 10.0. The third-order valence-electron chi connectivity index (χ3n) is 4.39. The van der Waals surface area contributed by atoms with E-state index in [1.807, 2.05) is 30.3 Å². The number of amides is 1. The molecule has 2 heterocycles. The van der Waals surface area contributed by atoms with Gasteiger partial charge in [0.1, 0.15) is 0 Å². The topological polar surface area (TPSA) is 45.2 Å². The molecule has 2 aromatic rings. The molecular formula is C20H22ClN3O. The van der Waals surface area contributed by atoms with E-state index in [4.69, 9.17) is 11.6 Å². The average molecular weight is 356 g/mol. The Morgan fingerprint density at radius 3 is 2.52 bits per heavy atom. The Labute approximate surface area is 153 Å². The summed E-state index contributed by atoms with van der Waals surface area (Å²) in [6.07, 6.45) is 8.79. The molecule has 130 valence electrons. The molecule has 1 aliphatic rings. The summed E-state index contributed by atoms with van der Waals surface area (Å²) in [6, 6.07) is 12.0. The molecule has 0 aliphatic carbocycles. The quantitative estimate of drug-likeness (QED) is 0.834. The minimum atomic E-state index is -0.0343. The van der Waals surface area contributed by atoms with Gasteiger partial charge in [0.2, 0.25) is 5.91 Å². The van der Waals surface area contributed by atoms with Gasteiger partial charge in [0, 0.05) is 49.2 Å². The molecule has 0 spiro atoms. The van der Waals surface area contributed by atoms with Gasteiger partial charge in [-0.05, 0) is 54.3 Å². The molecule has 1 saturated heterocycles. The molecule has 4 nitrogen and oxygen atoms in total. The number of piperidine rings is 1. The summed E-state index contributed by atoms with van der Waals surface area (Å²) in [5.74, 6) is -0.0343. The van der Waals surface area contributed by atoms with Gasteiger partial charge in [-0.25, -0.2) is 0 Å². The minimum Gasteiger partial charge on any atom is -0.350 e. The predicted molar refractivity (Wildman–Crippen MR) is 101 cm³/mol. The number of rotatable bonds is 5. The zero-order valence-electron chi connectivity index (χ0n) is 14.1. The maximum absolute atomic E-state index is 12.0. The Kier molecular flexibility index (Phi) is 6.20. The lowest BCUT2D eigenvalue weighted by Crippen LogP contribution is -2.43. The summed E-state index contributed by atoms with van der Waals surface area (Å²) in [5, 5.41) is 3.86. The van der Waals surface area contributed by atoms with Crippen LogP contribution in [0.5, 0.6) is 0 Å². The van der Waals surface area contributed by atoms with Gasteiger partial charge in [0.25, 0.3) is 0 Å². The molecule has 0 radical (unpaired) electrons. The zero-order chi connectivity index (χ0) is 17.5. The number of benzene rings is 1. The summed E-state index contributed by atoms with van der Waals surface area (Å²) >= 11 is 5.92. The van der Waals surface area contributed by atoms with Crippen molar-refractivity contribution in [1.29, 1.82) is 0 Å². The van der Waals surface area contributed by atoms with Crippen LogP contribution in [0.15, 0.2) is 54.9 Å². The number of hydrogen-bond acceptors (Lipinski definition) is 3. The van der Waals surface area contributed by atoms with Crippen LogP contribution in [0.1, 0.15) is 24.0 Å². The van der Waals surface area contributed by atoms with Crippen LogP contribution in [-0.4, -0.2) is 34.9 Å². The second-order valence-electron chi connectivity index (χ2n) is 6.30. The fraction of sp³-hybridized carbons (Fsp3) is 0.300. The maximum Gasteiger partial charge on any atom is 0.244 e. The van der Waals surface area contributed by atoms with Crippen molar-refractivity contribution in [3.8, 4) is 0 Å². The van der Waals surface area contributed by atoms with E-state index in [0.717, 1.165) is 43.1 Å². The standard InChI is InChI=1S/C20H22ClN3O/c21-18-4-1-17(2-5-18)15-24-13-9-19(10-14-24)23-20(25)6-3-16-7-11-22-12-8-16/h1-8,11-12,19H,9-10,13-15H2,(H,23,25)/b6-3+. The number of nitrogens with zero attached hydrogens (tertiary/aromatic N) is 2. The Morgan fingerprint density at radius 1 is 1.16 bits per heavy atom. The van der Waals surface area contributed by atoms with E-state index in [0.29, 0.717) is 0 Å². The van der Waals surface area contributed by atoms with Crippen LogP contribution >= 0.6 is 11.6 Å². The predicted octanol–water partition coefficient (Wildman–Crippen LogP) is 3.53. The van der Waals surface area contributed by atoms with Crippen molar-refractivity contribution in [2.45, 2.75) is 25.4 Å². The number of carbonyl (C=O) groups is 1. The van der Waals surface area contributed by atoms with Gasteiger partial charge in [0.05, 0.1) is 0 Å². The van der Waals surface area contributed by atoms with Crippen LogP contribution in [0.2, 0.25) is 5.02 Å². The molecule has 25 heavy (non-hydrogen) atoms. The number of pyridine rings is 1. The molecule has 1 aliphatic heterocycles. The van der Waals surface area contributed by atoms with Gasteiger partial charge >= 0.3 is 0 Å². The third kappa shape index (κ3) is 5.69. The van der Waals surface area contributed by atoms with Crippen LogP contribution in [-0.2, 0) is 11.3 Å². The average Bonchev–Trinajstić information content (AvgIpc) is 2.64. The molecular weight excluding hydrogens is 334 g/mol. The highest BCUT2D eigenvalue weighted by molar-refractivity contribution is 6.30. The number of carbonyl (C=O) groups excluding carboxylic acids is 1. The Balaban J connectivity index is 1.42. The first-order valence-corrected chi connectivity index (χ1v) is 8.92. The van der Waals surface area contributed by atoms with Crippen LogP contribution in [0.25, 0.3) is 6.08 Å². The smallest absolute Gasteiger partial charge is 0.244 e. The fourth-order valence-corrected chi connectivity index (χ4v) is 3.11. The molecule has 1 amide bonds. The molecule has 0 atom stereocenters. The summed E-state index contributed by atoms with van der Waals surface area (Å²) < 4.78 is 0. The van der Waals surface area contributed by atoms with Gasteiger partial charge in [0.15, 0.2) is 0 Å². The Hall–Kier alpha value is -2.17. The molecule has 0 unspecified atom stereocenters. The van der Waals surface area contributed by atoms with Gasteiger partial charge in [-0.1, -0.05) is 23.7 Å². The first kappa shape index (κ1) is 17.6. The molecule has 1 fully saturated rings. The van der Waals surface area contributed by atoms with Crippen molar-refractivity contribution in [3.63, 3.8) is 0 Å². The molecule has 3 rings (SSSR count). The molecule has 0 saturated carbocycles. The summed E-state index contributed by atoms with van der Waals surface area (Å²) in [6.45, 7) is 2.91. The number of likely N-dealkylation sites (tertiary alicyclic amines) is 1. The van der Waals surface area contributed by atoms with E-state index in [1.165, 1.54) is 5.56 Å². The van der Waals surface area contributed by atoms with Crippen LogP contribution in [0.4, 0.5) is 0 Å². The summed E-state index contributed by atoms with van der Waals surface area (Å²) in [4.78, 5) is 18.4. The monoisotopic (exact) mass is 355 g/mol. The number of nitrogens with one attached hydrogen (secondary N) is 1. The minimum absolute atomic E-state index is 0.0343. The van der Waals surface area contributed by atoms with Gasteiger partial charge < -0.3 is 5.32 Å². The van der Waals surface area contributed by atoms with E-state index < -0.39 is 0 Å². The van der Waals surface area contributed by atoms with Crippen LogP contribution in [0, 0.1) is 0 Å². The largest absolute Gasteiger partial charge is 0.350 e.